The fourth-order valence-corrected chi connectivity index (χ4v) is 3.54. The van der Waals surface area contributed by atoms with Crippen LogP contribution in [0.25, 0.3) is 5.69 Å². The summed E-state index contributed by atoms with van der Waals surface area (Å²) in [4.78, 5) is 0. The smallest absolute Gasteiger partial charge is 0.229 e. The minimum absolute atomic E-state index is 0.131. The van der Waals surface area contributed by atoms with Crippen molar-refractivity contribution >= 4 is 0 Å². The summed E-state index contributed by atoms with van der Waals surface area (Å²) in [6.07, 6.45) is 0.966. The Morgan fingerprint density at radius 2 is 1.85 bits per heavy atom. The minimum atomic E-state index is -0.290. The quantitative estimate of drug-likeness (QED) is 0.770. The third kappa shape index (κ3) is 2.76. The van der Waals surface area contributed by atoms with E-state index in [0.717, 1.165) is 28.9 Å². The molecule has 1 aromatic heterocycles. The maximum Gasteiger partial charge on any atom is 0.229 e. The highest BCUT2D eigenvalue weighted by Gasteiger charge is 2.36. The molecule has 1 aliphatic heterocycles. The van der Waals surface area contributed by atoms with Crippen LogP contribution >= 0.6 is 0 Å². The number of hydrogen-bond donors (Lipinski definition) is 1. The van der Waals surface area contributed by atoms with Crippen molar-refractivity contribution in [2.45, 2.75) is 26.2 Å². The molecule has 0 bridgehead atoms. The average molecular weight is 356 g/mol. The molecule has 0 unspecified atom stereocenters. The lowest BCUT2D eigenvalue weighted by molar-refractivity contribution is 0.367. The number of nitrogens with zero attached hydrogens (tertiary/aromatic N) is 3. The van der Waals surface area contributed by atoms with Gasteiger partial charge in [0.2, 0.25) is 11.8 Å². The summed E-state index contributed by atoms with van der Waals surface area (Å²) in [5.41, 5.74) is 11.4. The molecular weight excluding hydrogens is 336 g/mol. The highest BCUT2D eigenvalue weighted by molar-refractivity contribution is 5.57. The Labute approximate surface area is 158 Å². The second kappa shape index (κ2) is 6.65. The minimum Gasteiger partial charge on any atom is -0.422 e. The van der Waals surface area contributed by atoms with Crippen LogP contribution in [-0.2, 0) is 6.42 Å². The molecule has 27 heavy (non-hydrogen) atoms. The molecule has 3 aromatic rings. The van der Waals surface area contributed by atoms with Gasteiger partial charge >= 0.3 is 0 Å². The van der Waals surface area contributed by atoms with Crippen molar-refractivity contribution in [3.8, 4) is 17.6 Å². The molecule has 1 atom stereocenters. The van der Waals surface area contributed by atoms with E-state index in [1.54, 1.807) is 4.68 Å². The fraction of sp³-hybridized carbons (Fsp3) is 0.182. The number of ether oxygens (including phenoxy) is 1. The monoisotopic (exact) mass is 356 g/mol. The van der Waals surface area contributed by atoms with E-state index < -0.39 is 0 Å². The maximum atomic E-state index is 9.74. The Hall–Kier alpha value is -3.52. The number of fused-ring (bicyclic) bond motifs is 1. The summed E-state index contributed by atoms with van der Waals surface area (Å²) in [5, 5.41) is 14.4. The SMILES string of the molecule is CCc1ccc([C@@H]2C(C#N)=C(N)Oc3c2c(C)nn3-c2ccccc2)cc1. The van der Waals surface area contributed by atoms with E-state index in [1.807, 2.05) is 37.3 Å². The molecule has 2 heterocycles. The third-order valence-corrected chi connectivity index (χ3v) is 4.95. The zero-order valence-electron chi connectivity index (χ0n) is 15.3. The first-order valence-corrected chi connectivity index (χ1v) is 8.95. The van der Waals surface area contributed by atoms with Crippen molar-refractivity contribution in [1.29, 1.82) is 5.26 Å². The average Bonchev–Trinajstić information content (AvgIpc) is 3.03. The normalized spacial score (nSPS) is 15.8. The molecule has 4 rings (SSSR count). The Morgan fingerprint density at radius 3 is 2.48 bits per heavy atom. The zero-order valence-corrected chi connectivity index (χ0v) is 15.3. The van der Waals surface area contributed by atoms with Crippen LogP contribution < -0.4 is 10.5 Å². The molecule has 0 fully saturated rings. The van der Waals surface area contributed by atoms with Gasteiger partial charge in [-0.1, -0.05) is 49.4 Å². The molecule has 0 amide bonds. The van der Waals surface area contributed by atoms with E-state index in [4.69, 9.17) is 10.5 Å². The van der Waals surface area contributed by atoms with Gasteiger partial charge in [-0.15, -0.1) is 0 Å². The van der Waals surface area contributed by atoms with E-state index in [-0.39, 0.29) is 11.8 Å². The number of benzene rings is 2. The molecule has 5 heteroatoms. The molecule has 134 valence electrons. The van der Waals surface area contributed by atoms with Crippen LogP contribution in [-0.4, -0.2) is 9.78 Å². The van der Waals surface area contributed by atoms with Crippen LogP contribution in [0.15, 0.2) is 66.1 Å². The van der Waals surface area contributed by atoms with E-state index in [9.17, 15) is 5.26 Å². The second-order valence-electron chi connectivity index (χ2n) is 6.57. The Morgan fingerprint density at radius 1 is 1.15 bits per heavy atom. The molecule has 0 saturated carbocycles. The molecule has 2 N–H and O–H groups in total. The lowest BCUT2D eigenvalue weighted by Gasteiger charge is -2.25. The number of nitriles is 1. The van der Waals surface area contributed by atoms with Gasteiger partial charge in [0.25, 0.3) is 0 Å². The summed E-state index contributed by atoms with van der Waals surface area (Å²) in [5.74, 6) is 0.411. The number of rotatable bonds is 3. The largest absolute Gasteiger partial charge is 0.422 e. The summed E-state index contributed by atoms with van der Waals surface area (Å²) >= 11 is 0. The Bertz CT molecular complexity index is 1060. The predicted octanol–water partition coefficient (Wildman–Crippen LogP) is 3.96. The Balaban J connectivity index is 1.92. The van der Waals surface area contributed by atoms with Crippen molar-refractivity contribution in [3.05, 3.63) is 88.4 Å². The summed E-state index contributed by atoms with van der Waals surface area (Å²) in [6.45, 7) is 4.06. The predicted molar refractivity (Wildman–Crippen MR) is 103 cm³/mol. The molecule has 1 aliphatic rings. The van der Waals surface area contributed by atoms with Crippen molar-refractivity contribution in [1.82, 2.24) is 9.78 Å². The topological polar surface area (TPSA) is 76.9 Å². The van der Waals surface area contributed by atoms with Crippen LogP contribution in [0.1, 0.15) is 35.2 Å². The van der Waals surface area contributed by atoms with Gasteiger partial charge < -0.3 is 10.5 Å². The third-order valence-electron chi connectivity index (χ3n) is 4.95. The van der Waals surface area contributed by atoms with Gasteiger partial charge in [0.05, 0.1) is 22.9 Å². The van der Waals surface area contributed by atoms with Crippen molar-refractivity contribution in [2.24, 2.45) is 5.73 Å². The van der Waals surface area contributed by atoms with E-state index >= 15 is 0 Å². The number of aryl methyl sites for hydroxylation is 2. The van der Waals surface area contributed by atoms with Gasteiger partial charge in [-0.3, -0.25) is 0 Å². The summed E-state index contributed by atoms with van der Waals surface area (Å²) < 4.78 is 7.62. The maximum absolute atomic E-state index is 9.74. The number of aromatic nitrogens is 2. The second-order valence-corrected chi connectivity index (χ2v) is 6.57. The zero-order chi connectivity index (χ0) is 19.0. The van der Waals surface area contributed by atoms with Crippen molar-refractivity contribution in [3.63, 3.8) is 0 Å². The number of para-hydroxylation sites is 1. The van der Waals surface area contributed by atoms with Gasteiger partial charge in [-0.2, -0.15) is 10.4 Å². The molecule has 0 saturated heterocycles. The first kappa shape index (κ1) is 16.9. The summed E-state index contributed by atoms with van der Waals surface area (Å²) in [6, 6.07) is 20.3. The van der Waals surface area contributed by atoms with Gasteiger partial charge in [0, 0.05) is 0 Å². The molecule has 2 aromatic carbocycles. The van der Waals surface area contributed by atoms with Crippen LogP contribution in [0.5, 0.6) is 5.88 Å². The van der Waals surface area contributed by atoms with Gasteiger partial charge in [0.15, 0.2) is 0 Å². The first-order chi connectivity index (χ1) is 13.1. The van der Waals surface area contributed by atoms with E-state index in [2.05, 4.69) is 42.4 Å². The molecule has 0 aliphatic carbocycles. The number of nitrogens with two attached hydrogens (primary N) is 1. The van der Waals surface area contributed by atoms with Gasteiger partial charge in [-0.05, 0) is 36.6 Å². The molecular formula is C22H20N4O. The van der Waals surface area contributed by atoms with Crippen LogP contribution in [0.2, 0.25) is 0 Å². The highest BCUT2D eigenvalue weighted by Crippen LogP contribution is 2.44. The van der Waals surface area contributed by atoms with E-state index in [0.29, 0.717) is 11.5 Å². The highest BCUT2D eigenvalue weighted by atomic mass is 16.5. The van der Waals surface area contributed by atoms with Crippen molar-refractivity contribution < 1.29 is 4.74 Å². The van der Waals surface area contributed by atoms with Crippen LogP contribution in [0.3, 0.4) is 0 Å². The summed E-state index contributed by atoms with van der Waals surface area (Å²) in [7, 11) is 0. The van der Waals surface area contributed by atoms with Crippen molar-refractivity contribution in [2.75, 3.05) is 0 Å². The molecule has 0 radical (unpaired) electrons. The fourth-order valence-electron chi connectivity index (χ4n) is 3.54. The Kier molecular flexibility index (Phi) is 4.17. The van der Waals surface area contributed by atoms with Crippen LogP contribution in [0, 0.1) is 18.3 Å². The number of hydrogen-bond acceptors (Lipinski definition) is 4. The lowest BCUT2D eigenvalue weighted by Crippen LogP contribution is -2.22. The number of allylic oxidation sites excluding steroid dienone is 1. The van der Waals surface area contributed by atoms with Crippen LogP contribution in [0.4, 0.5) is 0 Å². The molecule has 5 nitrogen and oxygen atoms in total. The lowest BCUT2D eigenvalue weighted by atomic mass is 9.84. The standard InChI is InChI=1S/C22H20N4O/c1-3-15-9-11-16(12-10-15)20-18(13-23)21(24)27-22-19(20)14(2)25-26(22)17-7-5-4-6-8-17/h4-12,20H,3,24H2,1-2H3/t20-/m1/s1. The molecule has 0 spiro atoms. The van der Waals surface area contributed by atoms with Gasteiger partial charge in [-0.25, -0.2) is 4.68 Å². The van der Waals surface area contributed by atoms with E-state index in [1.165, 1.54) is 5.56 Å². The van der Waals surface area contributed by atoms with Gasteiger partial charge in [0.1, 0.15) is 11.6 Å². The first-order valence-electron chi connectivity index (χ1n) is 8.95.